The van der Waals surface area contributed by atoms with Crippen LogP contribution in [0.4, 0.5) is 13.2 Å². The number of ether oxygens (including phenoxy) is 1. The molecule has 0 fully saturated rings. The molecule has 1 aromatic carbocycles. The second-order valence-electron chi connectivity index (χ2n) is 7.69. The van der Waals surface area contributed by atoms with Crippen LogP contribution in [0.1, 0.15) is 46.7 Å². The second-order valence-corrected chi connectivity index (χ2v) is 7.69. The van der Waals surface area contributed by atoms with Crippen LogP contribution in [0, 0.1) is 11.3 Å². The fourth-order valence-corrected chi connectivity index (χ4v) is 3.53. The third-order valence-corrected chi connectivity index (χ3v) is 5.40. The number of alkyl halides is 3. The fraction of sp³-hybridized carbons (Fsp3) is 0.304. The summed E-state index contributed by atoms with van der Waals surface area (Å²) in [6, 6.07) is 9.46. The minimum absolute atomic E-state index is 0.0927. The number of rotatable bonds is 5. The first-order chi connectivity index (χ1) is 15.7. The maximum atomic E-state index is 13.2. The topological polar surface area (TPSA) is 84.0 Å². The van der Waals surface area contributed by atoms with Crippen LogP contribution in [-0.4, -0.2) is 37.9 Å². The van der Waals surface area contributed by atoms with E-state index >= 15 is 0 Å². The van der Waals surface area contributed by atoms with Gasteiger partial charge in [-0.15, -0.1) is 0 Å². The van der Waals surface area contributed by atoms with Crippen molar-refractivity contribution in [3.8, 4) is 17.5 Å². The van der Waals surface area contributed by atoms with Gasteiger partial charge in [-0.25, -0.2) is 4.68 Å². The maximum Gasteiger partial charge on any atom is 0.425 e. The number of pyridine rings is 1. The molecule has 0 saturated heterocycles. The highest BCUT2D eigenvalue weighted by molar-refractivity contribution is 5.97. The van der Waals surface area contributed by atoms with Gasteiger partial charge in [-0.1, -0.05) is 6.92 Å². The Hall–Kier alpha value is -3.87. The number of carbonyl (C=O) groups is 1. The average molecular weight is 455 g/mol. The molecule has 1 aliphatic heterocycles. The maximum absolute atomic E-state index is 13.2. The van der Waals surface area contributed by atoms with E-state index in [4.69, 9.17) is 4.74 Å². The van der Waals surface area contributed by atoms with Crippen molar-refractivity contribution >= 4 is 5.91 Å². The van der Waals surface area contributed by atoms with Crippen LogP contribution in [0.15, 0.2) is 42.7 Å². The van der Waals surface area contributed by atoms with Crippen molar-refractivity contribution in [1.82, 2.24) is 19.7 Å². The zero-order valence-electron chi connectivity index (χ0n) is 17.9. The van der Waals surface area contributed by atoms with Gasteiger partial charge in [-0.3, -0.25) is 9.78 Å². The van der Waals surface area contributed by atoms with Crippen LogP contribution >= 0.6 is 0 Å². The Balaban J connectivity index is 1.57. The van der Waals surface area contributed by atoms with Crippen LogP contribution < -0.4 is 4.74 Å². The van der Waals surface area contributed by atoms with E-state index in [1.165, 1.54) is 23.1 Å². The molecule has 0 unspecified atom stereocenters. The molecule has 7 nitrogen and oxygen atoms in total. The van der Waals surface area contributed by atoms with Crippen molar-refractivity contribution in [2.24, 2.45) is 0 Å². The lowest BCUT2D eigenvalue weighted by Gasteiger charge is -2.22. The summed E-state index contributed by atoms with van der Waals surface area (Å²) >= 11 is 0. The minimum Gasteiger partial charge on any atom is -0.480 e. The number of nitrogens with zero attached hydrogens (tertiary/aromatic N) is 5. The third kappa shape index (κ3) is 4.53. The van der Waals surface area contributed by atoms with Crippen molar-refractivity contribution in [3.63, 3.8) is 0 Å². The van der Waals surface area contributed by atoms with Gasteiger partial charge in [0.25, 0.3) is 5.91 Å². The standard InChI is InChI=1S/C23H20F3N5O2/c1-3-17-9-18(6-7-28-17)31-12-16-11-30(13-20(16)29-31)22(32)19-8-15(10-27)4-5-21(19)33-14(2)23(24,25)26/h4-9,12,14H,3,11,13H2,1-2H3/t14-/m0/s1. The summed E-state index contributed by atoms with van der Waals surface area (Å²) in [6.45, 7) is 3.31. The van der Waals surface area contributed by atoms with Gasteiger partial charge in [0, 0.05) is 30.2 Å². The van der Waals surface area contributed by atoms with E-state index in [9.17, 15) is 23.2 Å². The van der Waals surface area contributed by atoms with E-state index in [1.54, 1.807) is 10.9 Å². The Kier molecular flexibility index (Phi) is 5.80. The Bertz CT molecular complexity index is 1220. The summed E-state index contributed by atoms with van der Waals surface area (Å²) in [5.74, 6) is -0.750. The number of benzene rings is 1. The first kappa shape index (κ1) is 22.3. The van der Waals surface area contributed by atoms with Crippen LogP contribution in [-0.2, 0) is 19.5 Å². The molecule has 3 heterocycles. The van der Waals surface area contributed by atoms with Crippen molar-refractivity contribution < 1.29 is 22.7 Å². The molecule has 0 spiro atoms. The van der Waals surface area contributed by atoms with Crippen LogP contribution in [0.2, 0.25) is 0 Å². The molecule has 0 bridgehead atoms. The molecule has 0 N–H and O–H groups in total. The van der Waals surface area contributed by atoms with Gasteiger partial charge in [0.1, 0.15) is 5.75 Å². The highest BCUT2D eigenvalue weighted by Crippen LogP contribution is 2.31. The number of amides is 1. The Morgan fingerprint density at radius 2 is 2.06 bits per heavy atom. The Labute approximate surface area is 188 Å². The van der Waals surface area contributed by atoms with Gasteiger partial charge in [-0.2, -0.15) is 23.5 Å². The summed E-state index contributed by atoms with van der Waals surface area (Å²) < 4.78 is 45.7. The first-order valence-corrected chi connectivity index (χ1v) is 10.3. The predicted octanol–water partition coefficient (Wildman–Crippen LogP) is 4.19. The van der Waals surface area contributed by atoms with Gasteiger partial charge < -0.3 is 9.64 Å². The molecule has 0 radical (unpaired) electrons. The van der Waals surface area contributed by atoms with Crippen LogP contribution in [0.5, 0.6) is 5.75 Å². The molecular formula is C23H20F3N5O2. The highest BCUT2D eigenvalue weighted by atomic mass is 19.4. The molecule has 3 aromatic rings. The average Bonchev–Trinajstić information content (AvgIpc) is 3.38. The zero-order valence-corrected chi connectivity index (χ0v) is 17.9. The van der Waals surface area contributed by atoms with Gasteiger partial charge in [0.15, 0.2) is 6.10 Å². The smallest absolute Gasteiger partial charge is 0.425 e. The molecule has 0 saturated carbocycles. The second kappa shape index (κ2) is 8.58. The predicted molar refractivity (Wildman–Crippen MR) is 112 cm³/mol. The summed E-state index contributed by atoms with van der Waals surface area (Å²) in [4.78, 5) is 18.9. The van der Waals surface area contributed by atoms with Crippen molar-refractivity contribution in [2.75, 3.05) is 0 Å². The van der Waals surface area contributed by atoms with E-state index in [0.29, 0.717) is 5.69 Å². The molecule has 1 atom stereocenters. The normalized spacial score (nSPS) is 14.0. The summed E-state index contributed by atoms with van der Waals surface area (Å²) in [7, 11) is 0. The van der Waals surface area contributed by atoms with Gasteiger partial charge >= 0.3 is 6.18 Å². The molecule has 33 heavy (non-hydrogen) atoms. The van der Waals surface area contributed by atoms with Crippen LogP contribution in [0.25, 0.3) is 5.69 Å². The molecule has 1 aliphatic rings. The molecule has 1 amide bonds. The van der Waals surface area contributed by atoms with E-state index in [2.05, 4.69) is 10.1 Å². The third-order valence-electron chi connectivity index (χ3n) is 5.40. The molecule has 170 valence electrons. The number of hydrogen-bond donors (Lipinski definition) is 0. The number of nitriles is 1. The van der Waals surface area contributed by atoms with Crippen LogP contribution in [0.3, 0.4) is 0 Å². The SMILES string of the molecule is CCc1cc(-n2cc3c(n2)CN(C(=O)c2cc(C#N)ccc2O[C@@H](C)C(F)(F)F)C3)ccn1. The molecule has 2 aromatic heterocycles. The highest BCUT2D eigenvalue weighted by Gasteiger charge is 2.39. The van der Waals surface area contributed by atoms with Crippen molar-refractivity contribution in [3.05, 3.63) is 70.8 Å². The lowest BCUT2D eigenvalue weighted by Crippen LogP contribution is -2.32. The Morgan fingerprint density at radius 3 is 2.73 bits per heavy atom. The van der Waals surface area contributed by atoms with E-state index in [0.717, 1.165) is 30.3 Å². The summed E-state index contributed by atoms with van der Waals surface area (Å²) in [5, 5.41) is 13.7. The first-order valence-electron chi connectivity index (χ1n) is 10.3. The lowest BCUT2D eigenvalue weighted by molar-refractivity contribution is -0.189. The largest absolute Gasteiger partial charge is 0.480 e. The minimum atomic E-state index is -4.59. The van der Waals surface area contributed by atoms with E-state index in [1.807, 2.05) is 31.3 Å². The van der Waals surface area contributed by atoms with Gasteiger partial charge in [0.2, 0.25) is 0 Å². The molecule has 0 aliphatic carbocycles. The van der Waals surface area contributed by atoms with Gasteiger partial charge in [-0.05, 0) is 43.7 Å². The molecule has 10 heteroatoms. The lowest BCUT2D eigenvalue weighted by atomic mass is 10.1. The monoisotopic (exact) mass is 455 g/mol. The van der Waals surface area contributed by atoms with Crippen molar-refractivity contribution in [2.45, 2.75) is 45.6 Å². The van der Waals surface area contributed by atoms with Crippen molar-refractivity contribution in [1.29, 1.82) is 5.26 Å². The number of carbonyl (C=O) groups excluding carboxylic acids is 1. The zero-order chi connectivity index (χ0) is 23.8. The van der Waals surface area contributed by atoms with Gasteiger partial charge in [0.05, 0.1) is 35.1 Å². The summed E-state index contributed by atoms with van der Waals surface area (Å²) in [5.41, 5.74) is 3.37. The Morgan fingerprint density at radius 1 is 1.27 bits per heavy atom. The number of fused-ring (bicyclic) bond motifs is 1. The number of hydrogen-bond acceptors (Lipinski definition) is 5. The van der Waals surface area contributed by atoms with E-state index in [-0.39, 0.29) is 30.0 Å². The number of aryl methyl sites for hydroxylation is 1. The quantitative estimate of drug-likeness (QED) is 0.576. The summed E-state index contributed by atoms with van der Waals surface area (Å²) in [6.07, 6.45) is -2.37. The number of aromatic nitrogens is 3. The molecular weight excluding hydrogens is 435 g/mol. The van der Waals surface area contributed by atoms with E-state index < -0.39 is 18.2 Å². The number of halogens is 3. The fourth-order valence-electron chi connectivity index (χ4n) is 3.53. The molecule has 4 rings (SSSR count).